The van der Waals surface area contributed by atoms with Crippen LogP contribution in [0, 0.1) is 13.3 Å². The van der Waals surface area contributed by atoms with Crippen molar-refractivity contribution in [2.75, 3.05) is 13.1 Å². The Labute approximate surface area is 224 Å². The summed E-state index contributed by atoms with van der Waals surface area (Å²) in [4.78, 5) is 5.30. The number of unbranched alkanes of at least 4 members (excludes halogenated alkanes) is 1. The van der Waals surface area contributed by atoms with E-state index in [1.807, 2.05) is 0 Å². The Bertz CT molecular complexity index is 1270. The van der Waals surface area contributed by atoms with E-state index in [0.29, 0.717) is 0 Å². The molecule has 37 heavy (non-hydrogen) atoms. The molecule has 1 aliphatic heterocycles. The molecule has 0 aliphatic carbocycles. The van der Waals surface area contributed by atoms with Gasteiger partial charge in [0.2, 0.25) is 0 Å². The Morgan fingerprint density at radius 2 is 1.27 bits per heavy atom. The fourth-order valence-electron chi connectivity index (χ4n) is 5.46. The molecule has 188 valence electrons. The van der Waals surface area contributed by atoms with E-state index in [0.717, 1.165) is 25.9 Å². The van der Waals surface area contributed by atoms with Crippen LogP contribution >= 0.6 is 14.8 Å². The predicted molar refractivity (Wildman–Crippen MR) is 165 cm³/mol. The van der Waals surface area contributed by atoms with Gasteiger partial charge in [-0.05, 0) is 48.4 Å². The van der Waals surface area contributed by atoms with Crippen LogP contribution in [-0.2, 0) is 0 Å². The summed E-state index contributed by atoms with van der Waals surface area (Å²) in [6.07, 6.45) is 2.21. The highest BCUT2D eigenvalue weighted by Crippen LogP contribution is 2.84. The molecule has 0 fully saturated rings. The van der Waals surface area contributed by atoms with Crippen LogP contribution in [0.15, 0.2) is 126 Å². The van der Waals surface area contributed by atoms with Crippen molar-refractivity contribution < 1.29 is 0 Å². The summed E-state index contributed by atoms with van der Waals surface area (Å²) < 4.78 is 2.78. The quantitative estimate of drug-likeness (QED) is 0.159. The van der Waals surface area contributed by atoms with Gasteiger partial charge in [0.1, 0.15) is 5.66 Å². The first-order valence-corrected chi connectivity index (χ1v) is 17.0. The van der Waals surface area contributed by atoms with Crippen molar-refractivity contribution in [3.63, 3.8) is 0 Å². The molecule has 0 radical (unpaired) electrons. The van der Waals surface area contributed by atoms with Crippen molar-refractivity contribution in [2.45, 2.75) is 25.4 Å². The third kappa shape index (κ3) is 4.84. The second-order valence-corrected chi connectivity index (χ2v) is 16.2. The molecule has 0 saturated carbocycles. The fraction of sp³-hybridized carbons (Fsp3) is 0.182. The van der Waals surface area contributed by atoms with Crippen molar-refractivity contribution in [3.8, 4) is 0 Å². The van der Waals surface area contributed by atoms with Crippen LogP contribution in [0.3, 0.4) is 0 Å². The zero-order valence-electron chi connectivity index (χ0n) is 21.7. The standard InChI is InChI=1S/C33H36N2P2/c1-4-5-26-35(36(2,30-22-14-8-15-23-30)31-24-16-9-17-25-31)37(3)32(28-18-10-6-11-19-28)27-34-33(37)29-20-12-7-13-21-29/h6-25,32H,2-5,26-27H2,1H3/t32-,37?/m0/s1. The van der Waals surface area contributed by atoms with E-state index in [4.69, 9.17) is 18.3 Å². The van der Waals surface area contributed by atoms with Crippen molar-refractivity contribution >= 4 is 30.9 Å². The summed E-state index contributed by atoms with van der Waals surface area (Å²) >= 11 is 0. The van der Waals surface area contributed by atoms with Crippen molar-refractivity contribution in [1.82, 2.24) is 4.44 Å². The Morgan fingerprint density at radius 1 is 0.784 bits per heavy atom. The summed E-state index contributed by atoms with van der Waals surface area (Å²) in [5.74, 6) is 0. The summed E-state index contributed by atoms with van der Waals surface area (Å²) in [5.41, 5.74) is 3.93. The van der Waals surface area contributed by atoms with Crippen LogP contribution in [0.4, 0.5) is 0 Å². The Morgan fingerprint density at radius 3 is 1.78 bits per heavy atom. The van der Waals surface area contributed by atoms with Gasteiger partial charge in [-0.2, -0.15) is 6.66 Å². The highest BCUT2D eigenvalue weighted by atomic mass is 31.2. The summed E-state index contributed by atoms with van der Waals surface area (Å²) in [6, 6.07) is 43.6. The molecule has 0 N–H and O–H groups in total. The molecule has 5 rings (SSSR count). The number of nitrogens with zero attached hydrogens (tertiary/aromatic N) is 2. The van der Waals surface area contributed by atoms with Crippen LogP contribution in [0.1, 0.15) is 36.6 Å². The third-order valence-electron chi connectivity index (χ3n) is 7.40. The van der Waals surface area contributed by atoms with Crippen molar-refractivity contribution in [3.05, 3.63) is 146 Å². The van der Waals surface area contributed by atoms with Gasteiger partial charge in [0.25, 0.3) is 0 Å². The van der Waals surface area contributed by atoms with Crippen LogP contribution in [0.25, 0.3) is 0 Å². The second-order valence-electron chi connectivity index (χ2n) is 9.67. The van der Waals surface area contributed by atoms with E-state index in [-0.39, 0.29) is 5.66 Å². The molecule has 2 nitrogen and oxygen atoms in total. The maximum atomic E-state index is 5.30. The van der Waals surface area contributed by atoms with Crippen LogP contribution < -0.4 is 10.6 Å². The number of aliphatic imine (C=N–C) groups is 1. The average molecular weight is 523 g/mol. The molecular formula is C33H36N2P2. The minimum Gasteiger partial charge on any atom is -0.248 e. The van der Waals surface area contributed by atoms with Crippen LogP contribution in [0.2, 0.25) is 0 Å². The number of hydrogen-bond donors (Lipinski definition) is 0. The fourth-order valence-corrected chi connectivity index (χ4v) is 14.8. The number of rotatable bonds is 9. The molecule has 0 saturated heterocycles. The summed E-state index contributed by atoms with van der Waals surface area (Å²) in [7, 11) is -4.51. The molecule has 0 aromatic heterocycles. The van der Waals surface area contributed by atoms with Crippen LogP contribution in [0.5, 0.6) is 0 Å². The lowest BCUT2D eigenvalue weighted by atomic mass is 10.1. The zero-order chi connectivity index (χ0) is 25.7. The molecule has 0 spiro atoms. The lowest BCUT2D eigenvalue weighted by Gasteiger charge is -2.49. The Balaban J connectivity index is 1.77. The van der Waals surface area contributed by atoms with E-state index < -0.39 is 14.8 Å². The molecule has 2 atom stereocenters. The van der Waals surface area contributed by atoms with Crippen molar-refractivity contribution in [1.29, 1.82) is 0 Å². The van der Waals surface area contributed by atoms with E-state index in [1.165, 1.54) is 27.2 Å². The number of benzene rings is 4. The van der Waals surface area contributed by atoms with Gasteiger partial charge in [-0.25, -0.2) is 4.99 Å². The SMILES string of the molecule is [CH2-][P+](c1ccccc1)(c1ccccc1)N(CCCC)[P+]1([CH2-])C(c2ccccc2)=NC[C@H]1c1ccccc1. The van der Waals surface area contributed by atoms with Gasteiger partial charge < -0.3 is 0 Å². The van der Waals surface area contributed by atoms with E-state index in [9.17, 15) is 0 Å². The second kappa shape index (κ2) is 11.4. The highest BCUT2D eigenvalue weighted by molar-refractivity contribution is 8.03. The van der Waals surface area contributed by atoms with Gasteiger partial charge in [0.15, 0.2) is 5.45 Å². The van der Waals surface area contributed by atoms with E-state index >= 15 is 0 Å². The minimum atomic E-state index is -2.26. The first kappa shape index (κ1) is 26.0. The lowest BCUT2D eigenvalue weighted by Crippen LogP contribution is -2.38. The van der Waals surface area contributed by atoms with Gasteiger partial charge in [-0.3, -0.25) is 0 Å². The van der Waals surface area contributed by atoms with Gasteiger partial charge in [-0.15, -0.1) is 11.1 Å². The molecule has 1 heterocycles. The molecule has 4 aromatic rings. The largest absolute Gasteiger partial charge is 0.248 e. The van der Waals surface area contributed by atoms with E-state index in [2.05, 4.69) is 133 Å². The number of hydrogen-bond acceptors (Lipinski definition) is 2. The average Bonchev–Trinajstić information content (AvgIpc) is 3.32. The molecule has 0 amide bonds. The Kier molecular flexibility index (Phi) is 8.01. The highest BCUT2D eigenvalue weighted by Gasteiger charge is 2.59. The third-order valence-corrected chi connectivity index (χ3v) is 16.2. The summed E-state index contributed by atoms with van der Waals surface area (Å²) in [5, 5.41) is 2.60. The molecule has 4 aromatic carbocycles. The van der Waals surface area contributed by atoms with E-state index in [1.54, 1.807) is 0 Å². The van der Waals surface area contributed by atoms with Crippen molar-refractivity contribution in [2.24, 2.45) is 4.99 Å². The van der Waals surface area contributed by atoms with Gasteiger partial charge in [-0.1, -0.05) is 98.3 Å². The smallest absolute Gasteiger partial charge is 0.177 e. The first-order valence-electron chi connectivity index (χ1n) is 13.1. The van der Waals surface area contributed by atoms with Gasteiger partial charge in [0.05, 0.1) is 31.1 Å². The Hall–Kier alpha value is -2.63. The lowest BCUT2D eigenvalue weighted by molar-refractivity contribution is 0.628. The summed E-state index contributed by atoms with van der Waals surface area (Å²) in [6.45, 7) is 14.4. The van der Waals surface area contributed by atoms with Gasteiger partial charge in [0, 0.05) is 13.0 Å². The molecule has 0 bridgehead atoms. The maximum absolute atomic E-state index is 5.30. The monoisotopic (exact) mass is 522 g/mol. The molecular weight excluding hydrogens is 486 g/mol. The molecule has 1 aliphatic rings. The van der Waals surface area contributed by atoms with Gasteiger partial charge >= 0.3 is 0 Å². The molecule has 1 unspecified atom stereocenters. The minimum absolute atomic E-state index is 0.231. The topological polar surface area (TPSA) is 15.6 Å². The first-order chi connectivity index (χ1) is 18.1. The van der Waals surface area contributed by atoms with Crippen LogP contribution in [-0.4, -0.2) is 23.0 Å². The predicted octanol–water partition coefficient (Wildman–Crippen LogP) is 8.39. The molecule has 4 heteroatoms. The normalized spacial score (nSPS) is 19.7. The zero-order valence-corrected chi connectivity index (χ0v) is 23.4. The maximum Gasteiger partial charge on any atom is 0.177 e.